The molecule has 0 saturated heterocycles. The first-order valence-electron chi connectivity index (χ1n) is 7.07. The van der Waals surface area contributed by atoms with Crippen LogP contribution in [-0.2, 0) is 16.0 Å². The Kier molecular flexibility index (Phi) is 7.29. The monoisotopic (exact) mass is 341 g/mol. The van der Waals surface area contributed by atoms with Gasteiger partial charge < -0.3 is 10.4 Å². The zero-order valence-corrected chi connectivity index (χ0v) is 14.8. The van der Waals surface area contributed by atoms with E-state index in [1.807, 2.05) is 37.4 Å². The number of carbonyl (C=O) groups excluding carboxylic acids is 1. The minimum atomic E-state index is -1.01. The standard InChI is InChI=1S/C16H23NO3S2/c1-11-6-4-5-7-12(11)10-16(2,21)15(20)17-13(14(18)19)8-9-22-3/h4-7,13,21H,8-10H2,1-3H3,(H,17,20)(H,18,19). The van der Waals surface area contributed by atoms with E-state index in [2.05, 4.69) is 17.9 Å². The van der Waals surface area contributed by atoms with Crippen molar-refractivity contribution in [3.63, 3.8) is 0 Å². The Bertz CT molecular complexity index is 532. The second-order valence-corrected chi connectivity index (χ2v) is 7.50. The summed E-state index contributed by atoms with van der Waals surface area (Å²) in [6, 6.07) is 6.93. The first-order valence-corrected chi connectivity index (χ1v) is 8.91. The van der Waals surface area contributed by atoms with Crippen molar-refractivity contribution in [2.24, 2.45) is 0 Å². The highest BCUT2D eigenvalue weighted by Gasteiger charge is 2.32. The zero-order valence-electron chi connectivity index (χ0n) is 13.1. The van der Waals surface area contributed by atoms with Crippen LogP contribution in [0.25, 0.3) is 0 Å². The van der Waals surface area contributed by atoms with Crippen LogP contribution >= 0.6 is 24.4 Å². The molecule has 22 heavy (non-hydrogen) atoms. The summed E-state index contributed by atoms with van der Waals surface area (Å²) in [5.74, 6) is -0.687. The van der Waals surface area contributed by atoms with Crippen molar-refractivity contribution in [1.82, 2.24) is 5.32 Å². The Hall–Kier alpha value is -1.14. The molecule has 0 aliphatic carbocycles. The minimum Gasteiger partial charge on any atom is -0.480 e. The molecule has 0 fully saturated rings. The normalized spacial score (nSPS) is 14.9. The lowest BCUT2D eigenvalue weighted by Gasteiger charge is -2.26. The molecule has 0 spiro atoms. The second kappa shape index (κ2) is 8.48. The van der Waals surface area contributed by atoms with Gasteiger partial charge in [-0.2, -0.15) is 24.4 Å². The van der Waals surface area contributed by atoms with Gasteiger partial charge in [-0.05, 0) is 49.8 Å². The van der Waals surface area contributed by atoms with Crippen LogP contribution in [0.15, 0.2) is 24.3 Å². The topological polar surface area (TPSA) is 66.4 Å². The predicted molar refractivity (Wildman–Crippen MR) is 94.8 cm³/mol. The summed E-state index contributed by atoms with van der Waals surface area (Å²) in [6.45, 7) is 3.70. The van der Waals surface area contributed by atoms with Crippen molar-refractivity contribution in [3.05, 3.63) is 35.4 Å². The maximum absolute atomic E-state index is 12.4. The molecule has 2 N–H and O–H groups in total. The largest absolute Gasteiger partial charge is 0.480 e. The summed E-state index contributed by atoms with van der Waals surface area (Å²) < 4.78 is -0.959. The first-order chi connectivity index (χ1) is 10.3. The van der Waals surface area contributed by atoms with Crippen LogP contribution < -0.4 is 5.32 Å². The fraction of sp³-hybridized carbons (Fsp3) is 0.500. The van der Waals surface area contributed by atoms with Gasteiger partial charge in [0.05, 0.1) is 4.75 Å². The maximum atomic E-state index is 12.4. The van der Waals surface area contributed by atoms with Gasteiger partial charge in [-0.1, -0.05) is 24.3 Å². The van der Waals surface area contributed by atoms with E-state index >= 15 is 0 Å². The number of thioether (sulfide) groups is 1. The van der Waals surface area contributed by atoms with Crippen LogP contribution in [0.4, 0.5) is 0 Å². The Balaban J connectivity index is 2.76. The molecule has 6 heteroatoms. The molecule has 2 atom stereocenters. The lowest BCUT2D eigenvalue weighted by molar-refractivity contribution is -0.142. The Morgan fingerprint density at radius 1 is 1.41 bits per heavy atom. The van der Waals surface area contributed by atoms with E-state index in [-0.39, 0.29) is 5.91 Å². The van der Waals surface area contributed by atoms with Gasteiger partial charge in [0.15, 0.2) is 0 Å². The van der Waals surface area contributed by atoms with Crippen LogP contribution in [0.3, 0.4) is 0 Å². The highest BCUT2D eigenvalue weighted by atomic mass is 32.2. The second-order valence-electron chi connectivity index (χ2n) is 5.52. The number of carboxylic acids is 1. The molecule has 0 heterocycles. The summed E-state index contributed by atoms with van der Waals surface area (Å²) in [5.41, 5.74) is 2.12. The number of carbonyl (C=O) groups is 2. The van der Waals surface area contributed by atoms with Crippen molar-refractivity contribution in [2.45, 2.75) is 37.5 Å². The van der Waals surface area contributed by atoms with Crippen molar-refractivity contribution >= 4 is 36.3 Å². The molecule has 0 saturated carbocycles. The molecule has 0 aliphatic rings. The molecule has 0 aromatic heterocycles. The van der Waals surface area contributed by atoms with Crippen LogP contribution in [0.1, 0.15) is 24.5 Å². The molecular weight excluding hydrogens is 318 g/mol. The molecule has 0 aliphatic heterocycles. The third-order valence-corrected chi connectivity index (χ3v) is 4.50. The van der Waals surface area contributed by atoms with Gasteiger partial charge in [0.25, 0.3) is 0 Å². The fourth-order valence-corrected chi connectivity index (χ4v) is 2.77. The van der Waals surface area contributed by atoms with Gasteiger partial charge in [0.1, 0.15) is 6.04 Å². The van der Waals surface area contributed by atoms with Gasteiger partial charge >= 0.3 is 5.97 Å². The Morgan fingerprint density at radius 2 is 2.05 bits per heavy atom. The van der Waals surface area contributed by atoms with E-state index in [0.717, 1.165) is 11.1 Å². The summed E-state index contributed by atoms with van der Waals surface area (Å²) in [6.07, 6.45) is 2.75. The molecule has 122 valence electrons. The van der Waals surface area contributed by atoms with Gasteiger partial charge in [0, 0.05) is 0 Å². The number of thiol groups is 1. The van der Waals surface area contributed by atoms with Gasteiger partial charge in [0.2, 0.25) is 5.91 Å². The number of amides is 1. The SMILES string of the molecule is CSCCC(NC(=O)C(C)(S)Cc1ccccc1C)C(=O)O. The van der Waals surface area contributed by atoms with E-state index in [9.17, 15) is 14.7 Å². The number of hydrogen-bond acceptors (Lipinski definition) is 4. The number of aryl methyl sites for hydroxylation is 1. The number of benzene rings is 1. The van der Waals surface area contributed by atoms with Gasteiger partial charge in [-0.3, -0.25) is 4.79 Å². The minimum absolute atomic E-state index is 0.354. The fourth-order valence-electron chi connectivity index (χ4n) is 2.07. The predicted octanol–water partition coefficient (Wildman–Crippen LogP) is 2.55. The average molecular weight is 341 g/mol. The van der Waals surface area contributed by atoms with E-state index in [0.29, 0.717) is 18.6 Å². The van der Waals surface area contributed by atoms with Crippen molar-refractivity contribution < 1.29 is 14.7 Å². The molecule has 1 amide bonds. The van der Waals surface area contributed by atoms with Gasteiger partial charge in [-0.15, -0.1) is 0 Å². The highest BCUT2D eigenvalue weighted by molar-refractivity contribution is 7.98. The highest BCUT2D eigenvalue weighted by Crippen LogP contribution is 2.23. The number of carboxylic acid groups (broad SMARTS) is 1. The first kappa shape index (κ1) is 18.9. The van der Waals surface area contributed by atoms with E-state index < -0.39 is 16.8 Å². The van der Waals surface area contributed by atoms with E-state index in [1.165, 1.54) is 0 Å². The van der Waals surface area contributed by atoms with E-state index in [1.54, 1.807) is 18.7 Å². The maximum Gasteiger partial charge on any atom is 0.326 e. The molecule has 4 nitrogen and oxygen atoms in total. The smallest absolute Gasteiger partial charge is 0.326 e. The molecule has 1 aromatic rings. The number of hydrogen-bond donors (Lipinski definition) is 3. The van der Waals surface area contributed by atoms with Crippen molar-refractivity contribution in [2.75, 3.05) is 12.0 Å². The van der Waals surface area contributed by atoms with Crippen LogP contribution in [-0.4, -0.2) is 39.8 Å². The lowest BCUT2D eigenvalue weighted by atomic mass is 9.95. The molecular formula is C16H23NO3S2. The average Bonchev–Trinajstić information content (AvgIpc) is 2.45. The van der Waals surface area contributed by atoms with Crippen molar-refractivity contribution in [1.29, 1.82) is 0 Å². The molecule has 0 radical (unpaired) electrons. The lowest BCUT2D eigenvalue weighted by Crippen LogP contribution is -2.49. The zero-order chi connectivity index (χ0) is 16.8. The van der Waals surface area contributed by atoms with Crippen molar-refractivity contribution in [3.8, 4) is 0 Å². The molecule has 1 aromatic carbocycles. The third kappa shape index (κ3) is 5.57. The molecule has 1 rings (SSSR count). The summed E-state index contributed by atoms with van der Waals surface area (Å²) in [5, 5.41) is 11.8. The number of aliphatic carboxylic acids is 1. The summed E-state index contributed by atoms with van der Waals surface area (Å²) in [4.78, 5) is 23.6. The molecule has 0 bridgehead atoms. The Labute approximate surface area is 141 Å². The van der Waals surface area contributed by atoms with Gasteiger partial charge in [-0.25, -0.2) is 4.79 Å². The van der Waals surface area contributed by atoms with Crippen LogP contribution in [0.5, 0.6) is 0 Å². The Morgan fingerprint density at radius 3 is 2.59 bits per heavy atom. The molecule has 2 unspecified atom stereocenters. The third-order valence-electron chi connectivity index (χ3n) is 3.50. The van der Waals surface area contributed by atoms with E-state index in [4.69, 9.17) is 0 Å². The number of rotatable bonds is 8. The van der Waals surface area contributed by atoms with Crippen LogP contribution in [0, 0.1) is 6.92 Å². The van der Waals surface area contributed by atoms with Crippen LogP contribution in [0.2, 0.25) is 0 Å². The summed E-state index contributed by atoms with van der Waals surface area (Å²) >= 11 is 6.02. The quantitative estimate of drug-likeness (QED) is 0.636. The number of nitrogens with one attached hydrogen (secondary N) is 1. The summed E-state index contributed by atoms with van der Waals surface area (Å²) in [7, 11) is 0.